The topological polar surface area (TPSA) is 44.4 Å². The van der Waals surface area contributed by atoms with Crippen LogP contribution < -0.4 is 10.6 Å². The van der Waals surface area contributed by atoms with E-state index in [0.29, 0.717) is 0 Å². The van der Waals surface area contributed by atoms with Crippen molar-refractivity contribution in [1.82, 2.24) is 10.2 Å². The molecule has 104 valence electrons. The van der Waals surface area contributed by atoms with Crippen molar-refractivity contribution in [3.63, 3.8) is 0 Å². The average molecular weight is 373 g/mol. The highest BCUT2D eigenvalue weighted by Gasteiger charge is 2.22. The molecule has 0 spiro atoms. The molecule has 1 aliphatic rings. The first-order valence-corrected chi connectivity index (χ1v) is 7.76. The van der Waals surface area contributed by atoms with Gasteiger partial charge in [0, 0.05) is 23.2 Å². The van der Waals surface area contributed by atoms with Gasteiger partial charge in [0.05, 0.1) is 11.7 Å². The summed E-state index contributed by atoms with van der Waals surface area (Å²) in [6.07, 6.45) is 1.10. The summed E-state index contributed by atoms with van der Waals surface area (Å²) in [5, 5.41) is 6.37. The smallest absolute Gasteiger partial charge is 0.241 e. The van der Waals surface area contributed by atoms with E-state index in [9.17, 15) is 4.79 Å². The molecule has 4 nitrogen and oxygen atoms in total. The standard InChI is InChI=1S/C14H20IN3O/c1-11(18-9-4-7-16-8-10-18)14(19)17-13-6-3-2-5-12(13)15/h2-3,5-6,11,16H,4,7-10H2,1H3,(H,17,19)/t11-/m0/s1. The van der Waals surface area contributed by atoms with Crippen LogP contribution >= 0.6 is 22.6 Å². The van der Waals surface area contributed by atoms with Gasteiger partial charge >= 0.3 is 0 Å². The summed E-state index contributed by atoms with van der Waals surface area (Å²) in [4.78, 5) is 14.5. The zero-order valence-electron chi connectivity index (χ0n) is 11.2. The van der Waals surface area contributed by atoms with Crippen LogP contribution in [0.4, 0.5) is 5.69 Å². The first-order valence-electron chi connectivity index (χ1n) is 6.68. The summed E-state index contributed by atoms with van der Waals surface area (Å²) in [5.74, 6) is 0.0750. The van der Waals surface area contributed by atoms with Crippen molar-refractivity contribution in [3.8, 4) is 0 Å². The van der Waals surface area contributed by atoms with Crippen molar-refractivity contribution in [2.45, 2.75) is 19.4 Å². The second-order valence-corrected chi connectivity index (χ2v) is 5.95. The number of para-hydroxylation sites is 1. The van der Waals surface area contributed by atoms with E-state index in [4.69, 9.17) is 0 Å². The van der Waals surface area contributed by atoms with Gasteiger partial charge in [0.2, 0.25) is 5.91 Å². The summed E-state index contributed by atoms with van der Waals surface area (Å²) in [6, 6.07) is 7.77. The number of anilines is 1. The highest BCUT2D eigenvalue weighted by molar-refractivity contribution is 14.1. The second-order valence-electron chi connectivity index (χ2n) is 4.78. The molecule has 0 bridgehead atoms. The number of nitrogens with zero attached hydrogens (tertiary/aromatic N) is 1. The van der Waals surface area contributed by atoms with Crippen molar-refractivity contribution >= 4 is 34.2 Å². The molecule has 1 aliphatic heterocycles. The summed E-state index contributed by atoms with van der Waals surface area (Å²) in [5.41, 5.74) is 0.896. The van der Waals surface area contributed by atoms with E-state index in [1.807, 2.05) is 31.2 Å². The van der Waals surface area contributed by atoms with Gasteiger partial charge < -0.3 is 10.6 Å². The quantitative estimate of drug-likeness (QED) is 0.796. The molecule has 19 heavy (non-hydrogen) atoms. The van der Waals surface area contributed by atoms with Crippen molar-refractivity contribution in [2.75, 3.05) is 31.5 Å². The molecule has 1 heterocycles. The van der Waals surface area contributed by atoms with Gasteiger partial charge in [-0.15, -0.1) is 0 Å². The SMILES string of the molecule is C[C@@H](C(=O)Nc1ccccc1I)N1CCCNCC1. The number of carbonyl (C=O) groups is 1. The van der Waals surface area contributed by atoms with Gasteiger partial charge in [-0.25, -0.2) is 0 Å². The molecular weight excluding hydrogens is 353 g/mol. The Morgan fingerprint density at radius 3 is 2.95 bits per heavy atom. The number of amides is 1. The fourth-order valence-electron chi connectivity index (χ4n) is 2.22. The molecule has 2 rings (SSSR count). The maximum atomic E-state index is 12.3. The maximum Gasteiger partial charge on any atom is 0.241 e. The third kappa shape index (κ3) is 4.15. The van der Waals surface area contributed by atoms with Crippen molar-refractivity contribution < 1.29 is 4.79 Å². The lowest BCUT2D eigenvalue weighted by atomic mass is 10.2. The van der Waals surface area contributed by atoms with Crippen LogP contribution in [0.3, 0.4) is 0 Å². The van der Waals surface area contributed by atoms with E-state index >= 15 is 0 Å². The average Bonchev–Trinajstić information content (AvgIpc) is 2.69. The Hall–Kier alpha value is -0.660. The number of hydrogen-bond donors (Lipinski definition) is 2. The largest absolute Gasteiger partial charge is 0.324 e. The van der Waals surface area contributed by atoms with Crippen LogP contribution in [0, 0.1) is 3.57 Å². The van der Waals surface area contributed by atoms with E-state index in [-0.39, 0.29) is 11.9 Å². The van der Waals surface area contributed by atoms with Crippen molar-refractivity contribution in [3.05, 3.63) is 27.8 Å². The molecule has 0 unspecified atom stereocenters. The van der Waals surface area contributed by atoms with E-state index in [1.165, 1.54) is 0 Å². The number of benzene rings is 1. The fourth-order valence-corrected chi connectivity index (χ4v) is 2.74. The Labute approximate surface area is 128 Å². The number of hydrogen-bond acceptors (Lipinski definition) is 3. The normalized spacial score (nSPS) is 18.6. The second kappa shape index (κ2) is 7.21. The van der Waals surface area contributed by atoms with Crippen LogP contribution in [0.5, 0.6) is 0 Å². The number of carbonyl (C=O) groups excluding carboxylic acids is 1. The minimum Gasteiger partial charge on any atom is -0.324 e. The van der Waals surface area contributed by atoms with E-state index in [0.717, 1.165) is 41.9 Å². The lowest BCUT2D eigenvalue weighted by molar-refractivity contribution is -0.120. The van der Waals surface area contributed by atoms with Gasteiger partial charge in [0.15, 0.2) is 0 Å². The van der Waals surface area contributed by atoms with E-state index < -0.39 is 0 Å². The zero-order chi connectivity index (χ0) is 13.7. The Balaban J connectivity index is 1.97. The zero-order valence-corrected chi connectivity index (χ0v) is 13.3. The Morgan fingerprint density at radius 2 is 2.16 bits per heavy atom. The van der Waals surface area contributed by atoms with Gasteiger partial charge in [-0.3, -0.25) is 9.69 Å². The molecule has 1 saturated heterocycles. The van der Waals surface area contributed by atoms with Crippen LogP contribution in [0.25, 0.3) is 0 Å². The maximum absolute atomic E-state index is 12.3. The lowest BCUT2D eigenvalue weighted by Crippen LogP contribution is -2.43. The molecule has 0 aliphatic carbocycles. The van der Waals surface area contributed by atoms with Crippen LogP contribution in [0.2, 0.25) is 0 Å². The molecule has 0 aromatic heterocycles. The molecule has 1 amide bonds. The number of rotatable bonds is 3. The molecule has 0 saturated carbocycles. The molecule has 1 atom stereocenters. The summed E-state index contributed by atoms with van der Waals surface area (Å²) < 4.78 is 1.07. The predicted octanol–water partition coefficient (Wildman–Crippen LogP) is 1.91. The highest BCUT2D eigenvalue weighted by Crippen LogP contribution is 2.17. The highest BCUT2D eigenvalue weighted by atomic mass is 127. The summed E-state index contributed by atoms with van der Waals surface area (Å²) in [7, 11) is 0. The van der Waals surface area contributed by atoms with Crippen LogP contribution in [0.1, 0.15) is 13.3 Å². The third-order valence-corrected chi connectivity index (χ3v) is 4.37. The minimum absolute atomic E-state index is 0.0750. The van der Waals surface area contributed by atoms with Gasteiger partial charge in [-0.2, -0.15) is 0 Å². The lowest BCUT2D eigenvalue weighted by Gasteiger charge is -2.26. The molecule has 1 aromatic rings. The Kier molecular flexibility index (Phi) is 5.59. The van der Waals surface area contributed by atoms with Gasteiger partial charge in [-0.05, 0) is 54.6 Å². The van der Waals surface area contributed by atoms with Crippen molar-refractivity contribution in [1.29, 1.82) is 0 Å². The van der Waals surface area contributed by atoms with Crippen LogP contribution in [0.15, 0.2) is 24.3 Å². The Bertz CT molecular complexity index is 430. The van der Waals surface area contributed by atoms with Gasteiger partial charge in [0.1, 0.15) is 0 Å². The van der Waals surface area contributed by atoms with Gasteiger partial charge in [0.25, 0.3) is 0 Å². The Morgan fingerprint density at radius 1 is 1.37 bits per heavy atom. The van der Waals surface area contributed by atoms with Crippen molar-refractivity contribution in [2.24, 2.45) is 0 Å². The third-order valence-electron chi connectivity index (χ3n) is 3.43. The number of halogens is 1. The summed E-state index contributed by atoms with van der Waals surface area (Å²) >= 11 is 2.24. The first kappa shape index (κ1) is 14.7. The molecule has 1 aromatic carbocycles. The monoisotopic (exact) mass is 373 g/mol. The predicted molar refractivity (Wildman–Crippen MR) is 86.3 cm³/mol. The summed E-state index contributed by atoms with van der Waals surface area (Å²) in [6.45, 7) is 5.90. The van der Waals surface area contributed by atoms with E-state index in [1.54, 1.807) is 0 Å². The van der Waals surface area contributed by atoms with Crippen LogP contribution in [-0.4, -0.2) is 43.0 Å². The molecule has 5 heteroatoms. The van der Waals surface area contributed by atoms with Crippen LogP contribution in [-0.2, 0) is 4.79 Å². The molecular formula is C14H20IN3O. The molecule has 1 fully saturated rings. The van der Waals surface area contributed by atoms with Gasteiger partial charge in [-0.1, -0.05) is 12.1 Å². The first-order chi connectivity index (χ1) is 9.18. The molecule has 0 radical (unpaired) electrons. The molecule has 2 N–H and O–H groups in total. The van der Waals surface area contributed by atoms with E-state index in [2.05, 4.69) is 38.1 Å². The minimum atomic E-state index is -0.0871. The fraction of sp³-hybridized carbons (Fsp3) is 0.500. The number of nitrogens with one attached hydrogen (secondary N) is 2.